The van der Waals surface area contributed by atoms with E-state index in [-0.39, 0.29) is 5.60 Å². The van der Waals surface area contributed by atoms with Gasteiger partial charge in [-0.05, 0) is 67.6 Å². The molecule has 0 amide bonds. The number of hydrogen-bond acceptors (Lipinski definition) is 1. The van der Waals surface area contributed by atoms with E-state index in [1.165, 1.54) is 19.3 Å². The number of hydrogen-bond donors (Lipinski definition) is 1. The highest BCUT2D eigenvalue weighted by Gasteiger charge is 2.63. The molecule has 0 aliphatic heterocycles. The van der Waals surface area contributed by atoms with Crippen LogP contribution in [-0.2, 0) is 0 Å². The monoisotopic (exact) mass is 222 g/mol. The van der Waals surface area contributed by atoms with E-state index >= 15 is 0 Å². The van der Waals surface area contributed by atoms with Gasteiger partial charge in [0.15, 0.2) is 0 Å². The highest BCUT2D eigenvalue weighted by molar-refractivity contribution is 5.12. The lowest BCUT2D eigenvalue weighted by Crippen LogP contribution is -2.51. The molecule has 1 nitrogen and oxygen atoms in total. The summed E-state index contributed by atoms with van der Waals surface area (Å²) in [5.41, 5.74) is 0.0787. The van der Waals surface area contributed by atoms with Gasteiger partial charge in [0.2, 0.25) is 0 Å². The van der Waals surface area contributed by atoms with Gasteiger partial charge in [0.05, 0.1) is 5.60 Å². The van der Waals surface area contributed by atoms with Crippen molar-refractivity contribution in [3.63, 3.8) is 0 Å². The second-order valence-corrected chi connectivity index (χ2v) is 7.66. The summed E-state index contributed by atoms with van der Waals surface area (Å²) in [4.78, 5) is 0. The van der Waals surface area contributed by atoms with E-state index in [1.807, 2.05) is 0 Å². The smallest absolute Gasteiger partial charge is 0.0653 e. The zero-order valence-corrected chi connectivity index (χ0v) is 11.2. The Kier molecular flexibility index (Phi) is 2.11. The van der Waals surface area contributed by atoms with Crippen LogP contribution in [0.1, 0.15) is 53.4 Å². The summed E-state index contributed by atoms with van der Waals surface area (Å²) in [5, 5.41) is 10.7. The maximum Gasteiger partial charge on any atom is 0.0653 e. The number of rotatable bonds is 0. The van der Waals surface area contributed by atoms with Gasteiger partial charge in [0.1, 0.15) is 0 Å². The van der Waals surface area contributed by atoms with E-state index in [1.54, 1.807) is 0 Å². The van der Waals surface area contributed by atoms with Crippen molar-refractivity contribution in [1.82, 2.24) is 0 Å². The Morgan fingerprint density at radius 3 is 2.12 bits per heavy atom. The van der Waals surface area contributed by atoms with Crippen LogP contribution in [0.2, 0.25) is 0 Å². The lowest BCUT2D eigenvalue weighted by Gasteiger charge is -2.52. The summed E-state index contributed by atoms with van der Waals surface area (Å²) in [7, 11) is 0. The van der Waals surface area contributed by atoms with E-state index in [0.29, 0.717) is 11.3 Å². The summed E-state index contributed by atoms with van der Waals surface area (Å²) in [6, 6.07) is 0. The SMILES string of the molecule is C[C@H]1C2CC[C@@](C)(O)C3C1CCC(C)(C)C23. The molecule has 0 aromatic heterocycles. The van der Waals surface area contributed by atoms with Crippen LogP contribution in [0.25, 0.3) is 0 Å². The second-order valence-electron chi connectivity index (χ2n) is 7.66. The molecule has 92 valence electrons. The average Bonchev–Trinajstić information content (AvgIpc) is 2.37. The molecule has 0 saturated heterocycles. The van der Waals surface area contributed by atoms with Crippen molar-refractivity contribution in [2.45, 2.75) is 59.0 Å². The highest BCUT2D eigenvalue weighted by Crippen LogP contribution is 2.67. The zero-order valence-electron chi connectivity index (χ0n) is 11.2. The van der Waals surface area contributed by atoms with Crippen molar-refractivity contribution in [2.75, 3.05) is 0 Å². The van der Waals surface area contributed by atoms with Gasteiger partial charge < -0.3 is 5.11 Å². The third-order valence-corrected chi connectivity index (χ3v) is 6.39. The van der Waals surface area contributed by atoms with Crippen molar-refractivity contribution in [3.8, 4) is 0 Å². The van der Waals surface area contributed by atoms with E-state index < -0.39 is 0 Å². The second kappa shape index (κ2) is 3.04. The minimum Gasteiger partial charge on any atom is -0.390 e. The first-order chi connectivity index (χ1) is 7.34. The Morgan fingerprint density at radius 1 is 0.938 bits per heavy atom. The van der Waals surface area contributed by atoms with Gasteiger partial charge in [-0.25, -0.2) is 0 Å². The Bertz CT molecular complexity index is 275. The summed E-state index contributed by atoms with van der Waals surface area (Å²) < 4.78 is 0. The van der Waals surface area contributed by atoms with Gasteiger partial charge in [-0.2, -0.15) is 0 Å². The van der Waals surface area contributed by atoms with Gasteiger partial charge in [0, 0.05) is 0 Å². The van der Waals surface area contributed by atoms with Crippen molar-refractivity contribution in [3.05, 3.63) is 0 Å². The first kappa shape index (κ1) is 11.1. The van der Waals surface area contributed by atoms with Crippen LogP contribution in [0, 0.1) is 35.0 Å². The van der Waals surface area contributed by atoms with Crippen LogP contribution in [0.15, 0.2) is 0 Å². The third kappa shape index (κ3) is 1.21. The van der Waals surface area contributed by atoms with Crippen LogP contribution < -0.4 is 0 Å². The zero-order chi connectivity index (χ0) is 11.7. The van der Waals surface area contributed by atoms with Crippen molar-refractivity contribution in [1.29, 1.82) is 0 Å². The van der Waals surface area contributed by atoms with E-state index in [0.717, 1.165) is 30.1 Å². The quantitative estimate of drug-likeness (QED) is 0.665. The molecule has 4 unspecified atom stereocenters. The molecule has 1 N–H and O–H groups in total. The topological polar surface area (TPSA) is 20.2 Å². The summed E-state index contributed by atoms with van der Waals surface area (Å²) in [6.45, 7) is 9.43. The van der Waals surface area contributed by atoms with Crippen LogP contribution in [0.4, 0.5) is 0 Å². The molecule has 0 aromatic rings. The van der Waals surface area contributed by atoms with Gasteiger partial charge in [-0.15, -0.1) is 0 Å². The van der Waals surface area contributed by atoms with Crippen LogP contribution in [-0.4, -0.2) is 10.7 Å². The third-order valence-electron chi connectivity index (χ3n) is 6.39. The van der Waals surface area contributed by atoms with Crippen LogP contribution in [0.5, 0.6) is 0 Å². The number of aliphatic hydroxyl groups is 1. The Balaban J connectivity index is 2.06. The maximum absolute atomic E-state index is 10.7. The fourth-order valence-corrected chi connectivity index (χ4v) is 5.63. The first-order valence-corrected chi connectivity index (χ1v) is 7.07. The molecule has 3 aliphatic rings. The molecule has 0 radical (unpaired) electrons. The fourth-order valence-electron chi connectivity index (χ4n) is 5.63. The molecule has 4 bridgehead atoms. The molecule has 3 rings (SSSR count). The van der Waals surface area contributed by atoms with Gasteiger partial charge in [-0.1, -0.05) is 20.8 Å². The first-order valence-electron chi connectivity index (χ1n) is 7.07. The predicted molar refractivity (Wildman–Crippen MR) is 66.0 cm³/mol. The largest absolute Gasteiger partial charge is 0.390 e. The fraction of sp³-hybridized carbons (Fsp3) is 1.00. The Morgan fingerprint density at radius 2 is 1.50 bits per heavy atom. The van der Waals surface area contributed by atoms with Crippen molar-refractivity contribution in [2.24, 2.45) is 35.0 Å². The minimum atomic E-state index is -0.381. The Labute approximate surface area is 99.6 Å². The molecule has 16 heavy (non-hydrogen) atoms. The molecule has 3 saturated carbocycles. The van der Waals surface area contributed by atoms with E-state index in [2.05, 4.69) is 27.7 Å². The standard InChI is InChI=1S/C15H26O/c1-9-10-6-8-15(4,16)13-11(9)5-7-14(2,3)12(10)13/h9-13,16H,5-8H2,1-4H3/t9-,10?,11?,12?,13?,15+/m0/s1. The molecule has 0 aromatic carbocycles. The van der Waals surface area contributed by atoms with Crippen LogP contribution in [0.3, 0.4) is 0 Å². The normalized spacial score (nSPS) is 58.7. The van der Waals surface area contributed by atoms with Gasteiger partial charge >= 0.3 is 0 Å². The summed E-state index contributed by atoms with van der Waals surface area (Å²) >= 11 is 0. The van der Waals surface area contributed by atoms with Crippen molar-refractivity contribution >= 4 is 0 Å². The highest BCUT2D eigenvalue weighted by atomic mass is 16.3. The average molecular weight is 222 g/mol. The minimum absolute atomic E-state index is 0.381. The molecule has 0 heterocycles. The molecule has 3 fully saturated rings. The molecular formula is C15H26O. The summed E-state index contributed by atoms with van der Waals surface area (Å²) in [5.74, 6) is 3.92. The van der Waals surface area contributed by atoms with E-state index in [9.17, 15) is 5.11 Å². The van der Waals surface area contributed by atoms with E-state index in [4.69, 9.17) is 0 Å². The Hall–Kier alpha value is -0.0400. The van der Waals surface area contributed by atoms with Gasteiger partial charge in [-0.3, -0.25) is 0 Å². The molecular weight excluding hydrogens is 196 g/mol. The maximum atomic E-state index is 10.7. The lowest BCUT2D eigenvalue weighted by molar-refractivity contribution is -0.115. The molecule has 1 heteroatoms. The van der Waals surface area contributed by atoms with Crippen molar-refractivity contribution < 1.29 is 5.11 Å². The van der Waals surface area contributed by atoms with Gasteiger partial charge in [0.25, 0.3) is 0 Å². The van der Waals surface area contributed by atoms with Crippen LogP contribution >= 0.6 is 0 Å². The molecule has 3 aliphatic carbocycles. The predicted octanol–water partition coefficient (Wildman–Crippen LogP) is 3.47. The summed E-state index contributed by atoms with van der Waals surface area (Å²) in [6.07, 6.45) is 5.02. The molecule has 6 atom stereocenters. The lowest BCUT2D eigenvalue weighted by atomic mass is 9.55. The molecule has 0 spiro atoms.